The maximum absolute atomic E-state index is 8.34. The Bertz CT molecular complexity index is 199. The van der Waals surface area contributed by atoms with Gasteiger partial charge in [-0.05, 0) is 5.03 Å². The van der Waals surface area contributed by atoms with E-state index in [0.717, 1.165) is 0 Å². The van der Waals surface area contributed by atoms with Crippen LogP contribution in [-0.2, 0) is 12.6 Å². The molecule has 0 aromatic carbocycles. The van der Waals surface area contributed by atoms with E-state index in [1.807, 2.05) is 0 Å². The molecule has 0 aliphatic rings. The third-order valence-corrected chi connectivity index (χ3v) is 1.08. The summed E-state index contributed by atoms with van der Waals surface area (Å²) in [5.41, 5.74) is 0. The number of aromatic amines is 1. The molecular weight excluding hydrogens is 142 g/mol. The van der Waals surface area contributed by atoms with Crippen LogP contribution < -0.4 is 5.23 Å². The topological polar surface area (TPSA) is 72.4 Å². The summed E-state index contributed by atoms with van der Waals surface area (Å²) in [5.74, 6) is 0.00463. The molecule has 0 unspecified atom stereocenters. The summed E-state index contributed by atoms with van der Waals surface area (Å²) in [6.07, 6.45) is 1.27. The van der Waals surface area contributed by atoms with Gasteiger partial charge < -0.3 is 17.6 Å². The first-order valence-corrected chi connectivity index (χ1v) is 2.51. The van der Waals surface area contributed by atoms with Gasteiger partial charge in [-0.1, -0.05) is 0 Å². The monoisotopic (exact) mass is 146 g/mol. The number of hydrogen-bond acceptors (Lipinski definition) is 5. The van der Waals surface area contributed by atoms with Gasteiger partial charge in [0.1, 0.15) is 0 Å². The minimum absolute atomic E-state index is 0.00463. The van der Waals surface area contributed by atoms with E-state index in [2.05, 4.69) is 22.6 Å². The molecule has 0 saturated carbocycles. The van der Waals surface area contributed by atoms with Gasteiger partial charge in [0.15, 0.2) is 5.82 Å². The van der Waals surface area contributed by atoms with E-state index in [0.29, 0.717) is 0 Å². The van der Waals surface area contributed by atoms with Crippen molar-refractivity contribution in [3.63, 3.8) is 0 Å². The van der Waals surface area contributed by atoms with Crippen molar-refractivity contribution in [2.75, 3.05) is 5.23 Å². The number of H-pyrrole nitrogens is 1. The van der Waals surface area contributed by atoms with E-state index in [9.17, 15) is 0 Å². The molecule has 1 aromatic heterocycles. The molecule has 1 heterocycles. The van der Waals surface area contributed by atoms with E-state index in [1.165, 1.54) is 6.33 Å². The summed E-state index contributed by atoms with van der Waals surface area (Å²) in [6, 6.07) is 0. The van der Waals surface area contributed by atoms with Crippen molar-refractivity contribution in [2.45, 2.75) is 5.03 Å². The second-order valence-electron chi connectivity index (χ2n) is 1.35. The van der Waals surface area contributed by atoms with Crippen molar-refractivity contribution >= 4 is 18.4 Å². The number of nitrogens with one attached hydrogen (secondary N) is 1. The maximum atomic E-state index is 8.34. The number of aromatic nitrogens is 2. The Hall–Kier alpha value is -0.850. The lowest BCUT2D eigenvalue weighted by atomic mass is 10.8. The maximum Gasteiger partial charge on any atom is 0.161 e. The van der Waals surface area contributed by atoms with Crippen LogP contribution in [-0.4, -0.2) is 20.4 Å². The highest BCUT2D eigenvalue weighted by Gasteiger charge is 1.97. The zero-order valence-corrected chi connectivity index (χ0v) is 5.09. The van der Waals surface area contributed by atoms with Crippen molar-refractivity contribution in [1.82, 2.24) is 9.97 Å². The van der Waals surface area contributed by atoms with Crippen LogP contribution in [0, 0.1) is 0 Å². The van der Waals surface area contributed by atoms with Gasteiger partial charge in [0.25, 0.3) is 0 Å². The summed E-state index contributed by atoms with van der Waals surface area (Å²) in [7, 11) is 0. The predicted octanol–water partition coefficient (Wildman–Crippen LogP) is -0.0997. The van der Waals surface area contributed by atoms with Gasteiger partial charge in [-0.15, -0.1) is 5.23 Å². The third-order valence-electron chi connectivity index (χ3n) is 0.786. The highest BCUT2D eigenvalue weighted by molar-refractivity contribution is 7.58. The Labute approximate surface area is 56.3 Å². The van der Waals surface area contributed by atoms with Gasteiger partial charge >= 0.3 is 0 Å². The highest BCUT2D eigenvalue weighted by Crippen LogP contribution is 2.09. The van der Waals surface area contributed by atoms with Crippen LogP contribution in [0.3, 0.4) is 0 Å². The second kappa shape index (κ2) is 2.18. The first-order chi connectivity index (χ1) is 4.22. The van der Waals surface area contributed by atoms with Crippen molar-refractivity contribution in [2.24, 2.45) is 0 Å². The van der Waals surface area contributed by atoms with E-state index in [-0.39, 0.29) is 16.1 Å². The summed E-state index contributed by atoms with van der Waals surface area (Å²) in [4.78, 5) is 5.95. The van der Waals surface area contributed by atoms with Crippen LogP contribution in [0.2, 0.25) is 0 Å². The molecule has 0 aliphatic heterocycles. The molecule has 0 bridgehead atoms. The third kappa shape index (κ3) is 1.10. The van der Waals surface area contributed by atoms with Gasteiger partial charge in [0, 0.05) is 0 Å². The molecule has 0 atom stereocenters. The Kier molecular flexibility index (Phi) is 1.52. The molecule has 9 heavy (non-hydrogen) atoms. The fraction of sp³-hybridized carbons (Fsp3) is 0. The molecule has 50 valence electrons. The molecular formula is C3H4N3O2S-. The lowest BCUT2D eigenvalue weighted by molar-refractivity contribution is 0.0255. The number of rotatable bonds is 1. The molecule has 0 spiro atoms. The quantitative estimate of drug-likeness (QED) is 0.381. The fourth-order valence-electron chi connectivity index (χ4n) is 0.418. The Balaban J connectivity index is 2.94. The summed E-state index contributed by atoms with van der Waals surface area (Å²) >= 11 is 4.56. The van der Waals surface area contributed by atoms with Crippen molar-refractivity contribution in [1.29, 1.82) is 0 Å². The van der Waals surface area contributed by atoms with Crippen LogP contribution in [0.25, 0.3) is 0 Å². The SMILES string of the molecule is ON(O)c1[nH]cnc1[S-]. The van der Waals surface area contributed by atoms with Gasteiger partial charge in [0.2, 0.25) is 0 Å². The smallest absolute Gasteiger partial charge is 0.161 e. The molecule has 1 rings (SSSR count). The lowest BCUT2D eigenvalue weighted by Crippen LogP contribution is -2.12. The molecule has 3 N–H and O–H groups in total. The number of imidazole rings is 1. The average Bonchev–Trinajstić information content (AvgIpc) is 2.13. The first kappa shape index (κ1) is 6.27. The van der Waals surface area contributed by atoms with Gasteiger partial charge in [-0.3, -0.25) is 15.4 Å². The van der Waals surface area contributed by atoms with E-state index >= 15 is 0 Å². The minimum Gasteiger partial charge on any atom is -0.756 e. The van der Waals surface area contributed by atoms with Gasteiger partial charge in [0.05, 0.1) is 6.33 Å². The van der Waals surface area contributed by atoms with Crippen molar-refractivity contribution < 1.29 is 10.4 Å². The van der Waals surface area contributed by atoms with Crippen LogP contribution in [0.15, 0.2) is 11.4 Å². The van der Waals surface area contributed by atoms with E-state index < -0.39 is 0 Å². The van der Waals surface area contributed by atoms with Crippen LogP contribution in [0.5, 0.6) is 0 Å². The molecule has 0 amide bonds. The van der Waals surface area contributed by atoms with Crippen molar-refractivity contribution in [3.05, 3.63) is 6.33 Å². The molecule has 0 saturated heterocycles. The zero-order valence-electron chi connectivity index (χ0n) is 4.27. The Morgan fingerprint density at radius 1 is 1.67 bits per heavy atom. The molecule has 5 nitrogen and oxygen atoms in total. The predicted molar refractivity (Wildman–Crippen MR) is 30.3 cm³/mol. The Morgan fingerprint density at radius 2 is 2.33 bits per heavy atom. The molecule has 0 fully saturated rings. The number of anilines is 1. The van der Waals surface area contributed by atoms with Crippen molar-refractivity contribution in [3.8, 4) is 0 Å². The van der Waals surface area contributed by atoms with E-state index in [1.54, 1.807) is 0 Å². The average molecular weight is 146 g/mol. The minimum atomic E-state index is -0.102. The summed E-state index contributed by atoms with van der Waals surface area (Å²) in [6.45, 7) is 0. The normalized spacial score (nSPS) is 9.56. The van der Waals surface area contributed by atoms with Crippen LogP contribution in [0.4, 0.5) is 5.82 Å². The molecule has 1 aromatic rings. The largest absolute Gasteiger partial charge is 0.756 e. The van der Waals surface area contributed by atoms with Gasteiger partial charge in [-0.25, -0.2) is 0 Å². The van der Waals surface area contributed by atoms with Gasteiger partial charge in [-0.2, -0.15) is 0 Å². The van der Waals surface area contributed by atoms with E-state index in [4.69, 9.17) is 10.4 Å². The zero-order chi connectivity index (χ0) is 6.85. The van der Waals surface area contributed by atoms with Crippen LogP contribution in [0.1, 0.15) is 0 Å². The molecule has 6 heteroatoms. The standard InChI is InChI=1S/C3H5N3O2S/c7-6(8)2-3(9)5-1-4-2/h1,7-9H,(H,4,5)/p-1. The summed E-state index contributed by atoms with van der Waals surface area (Å²) in [5, 5.41) is 16.7. The first-order valence-electron chi connectivity index (χ1n) is 2.10. The second-order valence-corrected chi connectivity index (χ2v) is 1.73. The molecule has 0 aliphatic carbocycles. The Morgan fingerprint density at radius 3 is 2.56 bits per heavy atom. The number of hydrogen-bond donors (Lipinski definition) is 3. The highest BCUT2D eigenvalue weighted by atomic mass is 32.1. The fourth-order valence-corrected chi connectivity index (χ4v) is 0.611. The number of nitrogens with zero attached hydrogens (tertiary/aromatic N) is 2. The summed E-state index contributed by atoms with van der Waals surface area (Å²) < 4.78 is 0. The lowest BCUT2D eigenvalue weighted by Gasteiger charge is -2.08. The molecule has 0 radical (unpaired) electrons. The van der Waals surface area contributed by atoms with Crippen LogP contribution >= 0.6 is 0 Å².